The summed E-state index contributed by atoms with van der Waals surface area (Å²) in [7, 11) is 0. The van der Waals surface area contributed by atoms with Crippen molar-refractivity contribution in [2.75, 3.05) is 32.7 Å². The molecule has 1 unspecified atom stereocenters. The van der Waals surface area contributed by atoms with Gasteiger partial charge in [-0.2, -0.15) is 0 Å². The van der Waals surface area contributed by atoms with E-state index >= 15 is 0 Å². The van der Waals surface area contributed by atoms with Crippen molar-refractivity contribution in [2.24, 2.45) is 0 Å². The van der Waals surface area contributed by atoms with Crippen molar-refractivity contribution >= 4 is 11.3 Å². The minimum absolute atomic E-state index is 0.803. The Balaban J connectivity index is 1.70. The normalized spacial score (nSPS) is 26.5. The summed E-state index contributed by atoms with van der Waals surface area (Å²) in [5.74, 6) is 0.803. The molecular weight excluding hydrogens is 228 g/mol. The zero-order valence-electron chi connectivity index (χ0n) is 10.5. The molecule has 2 aliphatic rings. The largest absolute Gasteiger partial charge is 0.314 e. The number of aryl methyl sites for hydroxylation is 1. The van der Waals surface area contributed by atoms with Gasteiger partial charge in [-0.1, -0.05) is 6.42 Å². The fourth-order valence-corrected chi connectivity index (χ4v) is 4.16. The summed E-state index contributed by atoms with van der Waals surface area (Å²) in [4.78, 5) is 4.32. The highest BCUT2D eigenvalue weighted by Crippen LogP contribution is 2.34. The van der Waals surface area contributed by atoms with Crippen LogP contribution in [0.5, 0.6) is 0 Å². The molecule has 0 spiro atoms. The maximum Gasteiger partial charge on any atom is 0.0108 e. The Hall–Kier alpha value is -0.380. The molecule has 17 heavy (non-hydrogen) atoms. The van der Waals surface area contributed by atoms with Crippen LogP contribution in [0.1, 0.15) is 35.6 Å². The second kappa shape index (κ2) is 5.51. The molecule has 0 saturated carbocycles. The minimum atomic E-state index is 0.803. The molecule has 3 rings (SSSR count). The van der Waals surface area contributed by atoms with Gasteiger partial charge in [-0.3, -0.25) is 0 Å². The van der Waals surface area contributed by atoms with Gasteiger partial charge in [-0.25, -0.2) is 0 Å². The first kappa shape index (κ1) is 11.7. The van der Waals surface area contributed by atoms with Gasteiger partial charge in [0, 0.05) is 37.6 Å². The molecule has 1 saturated heterocycles. The number of thiophene rings is 1. The van der Waals surface area contributed by atoms with Gasteiger partial charge in [-0.15, -0.1) is 11.3 Å². The second-order valence-electron chi connectivity index (χ2n) is 5.29. The van der Waals surface area contributed by atoms with Crippen LogP contribution < -0.4 is 5.32 Å². The van der Waals surface area contributed by atoms with E-state index in [0.717, 1.165) is 5.92 Å². The number of nitrogens with zero attached hydrogens (tertiary/aromatic N) is 1. The number of hydrogen-bond acceptors (Lipinski definition) is 3. The third-order valence-electron chi connectivity index (χ3n) is 4.11. The highest BCUT2D eigenvalue weighted by Gasteiger charge is 2.22. The van der Waals surface area contributed by atoms with Crippen LogP contribution in [0.2, 0.25) is 0 Å². The summed E-state index contributed by atoms with van der Waals surface area (Å²) in [6, 6.07) is 2.39. The van der Waals surface area contributed by atoms with Crippen molar-refractivity contribution in [3.8, 4) is 0 Å². The van der Waals surface area contributed by atoms with Gasteiger partial charge in [-0.05, 0) is 42.2 Å². The van der Waals surface area contributed by atoms with E-state index in [0.29, 0.717) is 0 Å². The van der Waals surface area contributed by atoms with E-state index in [4.69, 9.17) is 0 Å². The zero-order chi connectivity index (χ0) is 11.5. The Bertz CT molecular complexity index is 355. The lowest BCUT2D eigenvalue weighted by atomic mass is 9.96. The van der Waals surface area contributed by atoms with Crippen molar-refractivity contribution in [2.45, 2.75) is 31.6 Å². The first-order valence-corrected chi connectivity index (χ1v) is 7.81. The summed E-state index contributed by atoms with van der Waals surface area (Å²) in [5, 5.41) is 5.73. The quantitative estimate of drug-likeness (QED) is 0.811. The lowest BCUT2D eigenvalue weighted by molar-refractivity contribution is 0.223. The van der Waals surface area contributed by atoms with Gasteiger partial charge in [0.2, 0.25) is 0 Å². The van der Waals surface area contributed by atoms with E-state index in [1.807, 2.05) is 11.3 Å². The molecular formula is C14H22N2S. The highest BCUT2D eigenvalue weighted by atomic mass is 32.1. The molecule has 1 aliphatic heterocycles. The fraction of sp³-hybridized carbons (Fsp3) is 0.714. The maximum absolute atomic E-state index is 3.44. The Morgan fingerprint density at radius 2 is 2.18 bits per heavy atom. The van der Waals surface area contributed by atoms with Crippen molar-refractivity contribution < 1.29 is 0 Å². The van der Waals surface area contributed by atoms with Gasteiger partial charge in [0.25, 0.3) is 0 Å². The molecule has 3 heteroatoms. The third kappa shape index (κ3) is 2.72. The predicted molar refractivity (Wildman–Crippen MR) is 73.9 cm³/mol. The number of nitrogens with one attached hydrogen (secondary N) is 1. The number of piperazine rings is 1. The van der Waals surface area contributed by atoms with Gasteiger partial charge in [0.15, 0.2) is 0 Å². The van der Waals surface area contributed by atoms with Gasteiger partial charge in [0.05, 0.1) is 0 Å². The summed E-state index contributed by atoms with van der Waals surface area (Å²) in [6.45, 7) is 6.09. The third-order valence-corrected chi connectivity index (χ3v) is 5.11. The van der Waals surface area contributed by atoms with E-state index in [9.17, 15) is 0 Å². The molecule has 94 valence electrons. The van der Waals surface area contributed by atoms with E-state index < -0.39 is 0 Å². The number of rotatable bonds is 2. The SMILES string of the molecule is c1cc2c(s1)CCCCC2CN1CCNCC1. The molecule has 1 aromatic rings. The molecule has 0 bridgehead atoms. The molecule has 1 aliphatic carbocycles. The fourth-order valence-electron chi connectivity index (χ4n) is 3.14. The smallest absolute Gasteiger partial charge is 0.0108 e. The Labute approximate surface area is 108 Å². The summed E-state index contributed by atoms with van der Waals surface area (Å²) in [6.07, 6.45) is 5.53. The predicted octanol–water partition coefficient (Wildman–Crippen LogP) is 2.46. The summed E-state index contributed by atoms with van der Waals surface area (Å²) in [5.41, 5.74) is 1.67. The number of hydrogen-bond donors (Lipinski definition) is 1. The molecule has 2 heterocycles. The van der Waals surface area contributed by atoms with E-state index in [1.165, 1.54) is 58.4 Å². The molecule has 1 N–H and O–H groups in total. The lowest BCUT2D eigenvalue weighted by Gasteiger charge is -2.30. The topological polar surface area (TPSA) is 15.3 Å². The van der Waals surface area contributed by atoms with E-state index in [-0.39, 0.29) is 0 Å². The standard InChI is InChI=1S/C14H22N2S/c1-2-4-14-13(5-10-17-14)12(3-1)11-16-8-6-15-7-9-16/h5,10,12,15H,1-4,6-9,11H2. The first-order chi connectivity index (χ1) is 8.43. The van der Waals surface area contributed by atoms with Gasteiger partial charge in [0.1, 0.15) is 0 Å². The average Bonchev–Trinajstić information content (AvgIpc) is 2.75. The van der Waals surface area contributed by atoms with E-state index in [2.05, 4.69) is 21.7 Å². The Morgan fingerprint density at radius 3 is 3.06 bits per heavy atom. The zero-order valence-corrected chi connectivity index (χ0v) is 11.3. The van der Waals surface area contributed by atoms with Crippen LogP contribution >= 0.6 is 11.3 Å². The van der Waals surface area contributed by atoms with E-state index in [1.54, 1.807) is 10.4 Å². The van der Waals surface area contributed by atoms with Crippen molar-refractivity contribution in [1.29, 1.82) is 0 Å². The molecule has 1 atom stereocenters. The van der Waals surface area contributed by atoms with Crippen LogP contribution in [-0.2, 0) is 6.42 Å². The van der Waals surface area contributed by atoms with Gasteiger partial charge < -0.3 is 10.2 Å². The molecule has 1 fully saturated rings. The van der Waals surface area contributed by atoms with Crippen LogP contribution in [0.4, 0.5) is 0 Å². The summed E-state index contributed by atoms with van der Waals surface area (Å²) >= 11 is 1.97. The molecule has 2 nitrogen and oxygen atoms in total. The second-order valence-corrected chi connectivity index (χ2v) is 6.29. The Morgan fingerprint density at radius 1 is 1.29 bits per heavy atom. The van der Waals surface area contributed by atoms with Gasteiger partial charge >= 0.3 is 0 Å². The monoisotopic (exact) mass is 250 g/mol. The van der Waals surface area contributed by atoms with Crippen LogP contribution in [-0.4, -0.2) is 37.6 Å². The average molecular weight is 250 g/mol. The van der Waals surface area contributed by atoms with Crippen LogP contribution in [0, 0.1) is 0 Å². The maximum atomic E-state index is 3.44. The van der Waals surface area contributed by atoms with Crippen molar-refractivity contribution in [1.82, 2.24) is 10.2 Å². The van der Waals surface area contributed by atoms with Crippen molar-refractivity contribution in [3.05, 3.63) is 21.9 Å². The van der Waals surface area contributed by atoms with Crippen LogP contribution in [0.15, 0.2) is 11.4 Å². The van der Waals surface area contributed by atoms with Crippen LogP contribution in [0.25, 0.3) is 0 Å². The number of fused-ring (bicyclic) bond motifs is 1. The highest BCUT2D eigenvalue weighted by molar-refractivity contribution is 7.10. The molecule has 0 aromatic carbocycles. The lowest BCUT2D eigenvalue weighted by Crippen LogP contribution is -2.44. The molecule has 0 amide bonds. The van der Waals surface area contributed by atoms with Crippen molar-refractivity contribution in [3.63, 3.8) is 0 Å². The van der Waals surface area contributed by atoms with Crippen LogP contribution in [0.3, 0.4) is 0 Å². The first-order valence-electron chi connectivity index (χ1n) is 6.93. The Kier molecular flexibility index (Phi) is 3.79. The summed E-state index contributed by atoms with van der Waals surface area (Å²) < 4.78 is 0. The minimum Gasteiger partial charge on any atom is -0.314 e. The molecule has 0 radical (unpaired) electrons. The molecule has 1 aromatic heterocycles.